The van der Waals surface area contributed by atoms with Gasteiger partial charge in [-0.2, -0.15) is 5.10 Å². The van der Waals surface area contributed by atoms with E-state index in [9.17, 15) is 4.79 Å². The van der Waals surface area contributed by atoms with E-state index in [0.717, 1.165) is 17.0 Å². The molecule has 0 spiro atoms. The van der Waals surface area contributed by atoms with E-state index in [1.807, 2.05) is 6.07 Å². The lowest BCUT2D eigenvalue weighted by Gasteiger charge is -2.04. The summed E-state index contributed by atoms with van der Waals surface area (Å²) in [6, 6.07) is 7.41. The summed E-state index contributed by atoms with van der Waals surface area (Å²) in [5.74, 6) is 0. The molecule has 0 aliphatic heterocycles. The zero-order valence-corrected chi connectivity index (χ0v) is 10.5. The standard InChI is InChI=1S/C12H15N3OS/c1-9-3-5-11(17-9)10-4-6-12(16)15(14-10)8-2-7-13/h3-6H,2,7-8,13H2,1H3. The molecule has 0 fully saturated rings. The van der Waals surface area contributed by atoms with Gasteiger partial charge in [0.05, 0.1) is 4.88 Å². The molecule has 2 N–H and O–H groups in total. The van der Waals surface area contributed by atoms with Crippen molar-refractivity contribution < 1.29 is 0 Å². The Balaban J connectivity index is 2.33. The minimum Gasteiger partial charge on any atom is -0.330 e. The van der Waals surface area contributed by atoms with Crippen LogP contribution in [-0.2, 0) is 6.54 Å². The lowest BCUT2D eigenvalue weighted by atomic mass is 10.3. The summed E-state index contributed by atoms with van der Waals surface area (Å²) >= 11 is 1.68. The maximum atomic E-state index is 11.6. The lowest BCUT2D eigenvalue weighted by Crippen LogP contribution is -2.23. The zero-order chi connectivity index (χ0) is 12.3. The maximum Gasteiger partial charge on any atom is 0.266 e. The van der Waals surface area contributed by atoms with Gasteiger partial charge in [-0.05, 0) is 38.1 Å². The Hall–Kier alpha value is -1.46. The van der Waals surface area contributed by atoms with E-state index in [1.54, 1.807) is 23.5 Å². The van der Waals surface area contributed by atoms with E-state index >= 15 is 0 Å². The Morgan fingerprint density at radius 1 is 1.35 bits per heavy atom. The van der Waals surface area contributed by atoms with Crippen molar-refractivity contribution in [2.24, 2.45) is 5.73 Å². The Morgan fingerprint density at radius 2 is 2.18 bits per heavy atom. The van der Waals surface area contributed by atoms with Crippen LogP contribution in [0.1, 0.15) is 11.3 Å². The molecule has 0 unspecified atom stereocenters. The molecule has 0 aliphatic rings. The van der Waals surface area contributed by atoms with Crippen LogP contribution in [0.25, 0.3) is 10.6 Å². The Kier molecular flexibility index (Phi) is 3.71. The normalized spacial score (nSPS) is 10.7. The van der Waals surface area contributed by atoms with Gasteiger partial charge in [-0.3, -0.25) is 4.79 Å². The first-order valence-electron chi connectivity index (χ1n) is 5.56. The van der Waals surface area contributed by atoms with Crippen LogP contribution in [-0.4, -0.2) is 16.3 Å². The number of hydrogen-bond acceptors (Lipinski definition) is 4. The van der Waals surface area contributed by atoms with Crippen molar-refractivity contribution in [2.45, 2.75) is 19.9 Å². The molecule has 0 saturated carbocycles. The third-order valence-corrected chi connectivity index (χ3v) is 3.46. The predicted molar refractivity (Wildman–Crippen MR) is 70.2 cm³/mol. The Labute approximate surface area is 104 Å². The molecule has 0 aromatic carbocycles. The molecule has 5 heteroatoms. The number of hydrogen-bond donors (Lipinski definition) is 1. The van der Waals surface area contributed by atoms with Crippen LogP contribution < -0.4 is 11.3 Å². The van der Waals surface area contributed by atoms with Crippen molar-refractivity contribution in [1.82, 2.24) is 9.78 Å². The van der Waals surface area contributed by atoms with Crippen molar-refractivity contribution >= 4 is 11.3 Å². The molecule has 2 aromatic rings. The smallest absolute Gasteiger partial charge is 0.266 e. The molecule has 90 valence electrons. The average Bonchev–Trinajstić information content (AvgIpc) is 2.75. The maximum absolute atomic E-state index is 11.6. The molecule has 2 rings (SSSR count). The summed E-state index contributed by atoms with van der Waals surface area (Å²) in [7, 11) is 0. The zero-order valence-electron chi connectivity index (χ0n) is 9.72. The molecule has 4 nitrogen and oxygen atoms in total. The number of nitrogens with zero attached hydrogens (tertiary/aromatic N) is 2. The Morgan fingerprint density at radius 3 is 2.82 bits per heavy atom. The molecule has 0 atom stereocenters. The van der Waals surface area contributed by atoms with E-state index < -0.39 is 0 Å². The lowest BCUT2D eigenvalue weighted by molar-refractivity contribution is 0.556. The van der Waals surface area contributed by atoms with E-state index in [4.69, 9.17) is 5.73 Å². The van der Waals surface area contributed by atoms with Gasteiger partial charge in [0.1, 0.15) is 5.69 Å². The van der Waals surface area contributed by atoms with Crippen LogP contribution in [0.2, 0.25) is 0 Å². The van der Waals surface area contributed by atoms with E-state index in [0.29, 0.717) is 13.1 Å². The first-order chi connectivity index (χ1) is 8.20. The van der Waals surface area contributed by atoms with Gasteiger partial charge in [-0.1, -0.05) is 0 Å². The van der Waals surface area contributed by atoms with E-state index in [2.05, 4.69) is 18.1 Å². The SMILES string of the molecule is Cc1ccc(-c2ccc(=O)n(CCCN)n2)s1. The van der Waals surface area contributed by atoms with Crippen LogP contribution in [0.3, 0.4) is 0 Å². The fraction of sp³-hybridized carbons (Fsp3) is 0.333. The molecular weight excluding hydrogens is 234 g/mol. The quantitative estimate of drug-likeness (QED) is 0.896. The van der Waals surface area contributed by atoms with Crippen molar-refractivity contribution in [2.75, 3.05) is 6.54 Å². The fourth-order valence-corrected chi connectivity index (χ4v) is 2.39. The second kappa shape index (κ2) is 5.25. The van der Waals surface area contributed by atoms with Crippen molar-refractivity contribution in [3.63, 3.8) is 0 Å². The summed E-state index contributed by atoms with van der Waals surface area (Å²) < 4.78 is 1.48. The summed E-state index contributed by atoms with van der Waals surface area (Å²) in [5.41, 5.74) is 6.21. The van der Waals surface area contributed by atoms with Gasteiger partial charge in [-0.15, -0.1) is 11.3 Å². The van der Waals surface area contributed by atoms with E-state index in [1.165, 1.54) is 9.56 Å². The van der Waals surface area contributed by atoms with Gasteiger partial charge in [0.15, 0.2) is 0 Å². The first-order valence-corrected chi connectivity index (χ1v) is 6.37. The minimum absolute atomic E-state index is 0.0736. The van der Waals surface area contributed by atoms with Gasteiger partial charge in [-0.25, -0.2) is 4.68 Å². The first kappa shape index (κ1) is 12.0. The van der Waals surface area contributed by atoms with Gasteiger partial charge >= 0.3 is 0 Å². The van der Waals surface area contributed by atoms with Crippen LogP contribution in [0.15, 0.2) is 29.1 Å². The molecule has 0 bridgehead atoms. The predicted octanol–water partition coefficient (Wildman–Crippen LogP) is 1.63. The summed E-state index contributed by atoms with van der Waals surface area (Å²) in [6.45, 7) is 3.20. The van der Waals surface area contributed by atoms with Crippen molar-refractivity contribution in [1.29, 1.82) is 0 Å². The highest BCUT2D eigenvalue weighted by Crippen LogP contribution is 2.24. The molecule has 17 heavy (non-hydrogen) atoms. The second-order valence-corrected chi connectivity index (χ2v) is 5.12. The molecule has 0 amide bonds. The van der Waals surface area contributed by atoms with Gasteiger partial charge in [0.25, 0.3) is 5.56 Å². The van der Waals surface area contributed by atoms with Crippen LogP contribution in [0.5, 0.6) is 0 Å². The third kappa shape index (κ3) is 2.81. The summed E-state index contributed by atoms with van der Waals surface area (Å²) in [6.07, 6.45) is 0.764. The second-order valence-electron chi connectivity index (χ2n) is 3.83. The highest BCUT2D eigenvalue weighted by molar-refractivity contribution is 7.15. The molecule has 0 aliphatic carbocycles. The fourth-order valence-electron chi connectivity index (χ4n) is 1.55. The monoisotopic (exact) mass is 249 g/mol. The third-order valence-electron chi connectivity index (χ3n) is 2.43. The Bertz CT molecular complexity index is 559. The van der Waals surface area contributed by atoms with Gasteiger partial charge in [0.2, 0.25) is 0 Å². The molecule has 0 radical (unpaired) electrons. The topological polar surface area (TPSA) is 60.9 Å². The largest absolute Gasteiger partial charge is 0.330 e. The highest BCUT2D eigenvalue weighted by Gasteiger charge is 2.05. The van der Waals surface area contributed by atoms with Crippen LogP contribution >= 0.6 is 11.3 Å². The van der Waals surface area contributed by atoms with E-state index in [-0.39, 0.29) is 5.56 Å². The highest BCUT2D eigenvalue weighted by atomic mass is 32.1. The van der Waals surface area contributed by atoms with Crippen LogP contribution in [0, 0.1) is 6.92 Å². The van der Waals surface area contributed by atoms with Gasteiger partial charge in [0, 0.05) is 17.5 Å². The molecule has 0 saturated heterocycles. The number of rotatable bonds is 4. The number of nitrogens with two attached hydrogens (primary N) is 1. The number of aromatic nitrogens is 2. The molecular formula is C12H15N3OS. The average molecular weight is 249 g/mol. The van der Waals surface area contributed by atoms with Crippen molar-refractivity contribution in [3.05, 3.63) is 39.5 Å². The van der Waals surface area contributed by atoms with Gasteiger partial charge < -0.3 is 5.73 Å². The summed E-state index contributed by atoms with van der Waals surface area (Å²) in [4.78, 5) is 13.9. The van der Waals surface area contributed by atoms with Crippen LogP contribution in [0.4, 0.5) is 0 Å². The molecule has 2 aromatic heterocycles. The summed E-state index contributed by atoms with van der Waals surface area (Å²) in [5, 5.41) is 4.35. The molecule has 2 heterocycles. The van der Waals surface area contributed by atoms with Crippen molar-refractivity contribution in [3.8, 4) is 10.6 Å². The minimum atomic E-state index is -0.0736. The number of thiophene rings is 1. The number of aryl methyl sites for hydroxylation is 2.